The van der Waals surface area contributed by atoms with Gasteiger partial charge in [0.05, 0.1) is 18.2 Å². The Morgan fingerprint density at radius 1 is 0.917 bits per heavy atom. The molecule has 2 aliphatic heterocycles. The number of alkyl halides is 6. The van der Waals surface area contributed by atoms with Gasteiger partial charge in [0.2, 0.25) is 23.4 Å². The van der Waals surface area contributed by atoms with E-state index in [4.69, 9.17) is 25.5 Å². The fourth-order valence-corrected chi connectivity index (χ4v) is 9.67. The highest BCUT2D eigenvalue weighted by Crippen LogP contribution is 2.50. The van der Waals surface area contributed by atoms with Crippen LogP contribution in [0.4, 0.5) is 26.3 Å². The van der Waals surface area contributed by atoms with Gasteiger partial charge in [-0.25, -0.2) is 4.98 Å². The summed E-state index contributed by atoms with van der Waals surface area (Å²) in [5.41, 5.74) is 1.42. The Bertz CT molecular complexity index is 2490. The van der Waals surface area contributed by atoms with Crippen molar-refractivity contribution in [1.29, 1.82) is 0 Å². The maximum absolute atomic E-state index is 14.8. The molecule has 316 valence electrons. The molecule has 10 nitrogen and oxygen atoms in total. The van der Waals surface area contributed by atoms with Crippen LogP contribution in [0.2, 0.25) is 5.02 Å². The molecule has 60 heavy (non-hydrogen) atoms. The third kappa shape index (κ3) is 7.45. The van der Waals surface area contributed by atoms with E-state index < -0.39 is 41.7 Å². The zero-order valence-corrected chi connectivity index (χ0v) is 33.0. The van der Waals surface area contributed by atoms with E-state index in [2.05, 4.69) is 20.6 Å². The number of amides is 1. The molecule has 5 aromatic rings. The Hall–Kier alpha value is -4.90. The molecule has 2 aliphatic carbocycles. The first-order valence-corrected chi connectivity index (χ1v) is 20.2. The summed E-state index contributed by atoms with van der Waals surface area (Å²) in [4.78, 5) is 21.6. The number of benzene rings is 3. The molecule has 2 aromatic heterocycles. The van der Waals surface area contributed by atoms with Crippen molar-refractivity contribution < 1.29 is 50.1 Å². The van der Waals surface area contributed by atoms with Gasteiger partial charge in [-0.3, -0.25) is 9.69 Å². The standard InChI is InChI=1S/C43H40ClF6N5O5/c1-58-40-31(19-51-18-22-8-13-35(57)52-22)53-39(43(48,49)50)41(54-40)60-33-12-10-25-24(4-2-5-26(25)33)28-6-3-7-29(37(28)44)34-17-21-16-30-27(36(38(21)59-34)42(45,46)47)9-11-32(30)55-15-14-23(56)20-55/h2-7,16-17,22-23,32-33,51,56H,8-15,18-20H2,1H3,(H,52,57)/t22-,23-,32-,33+/m1/s1. The number of furan rings is 1. The van der Waals surface area contributed by atoms with Crippen molar-refractivity contribution in [2.75, 3.05) is 26.7 Å². The van der Waals surface area contributed by atoms with Crippen molar-refractivity contribution in [2.24, 2.45) is 0 Å². The van der Waals surface area contributed by atoms with Crippen LogP contribution >= 0.6 is 11.6 Å². The fraction of sp³-hybridized carbons (Fsp3) is 0.419. The largest absolute Gasteiger partial charge is 0.480 e. The summed E-state index contributed by atoms with van der Waals surface area (Å²) in [5, 5.41) is 16.5. The minimum atomic E-state index is -4.91. The van der Waals surface area contributed by atoms with Crippen LogP contribution in [0.5, 0.6) is 11.8 Å². The lowest BCUT2D eigenvalue weighted by atomic mass is 9.95. The molecule has 9 rings (SSSR count). The molecule has 3 N–H and O–H groups in total. The van der Waals surface area contributed by atoms with E-state index in [0.29, 0.717) is 91.4 Å². The molecule has 0 saturated carbocycles. The summed E-state index contributed by atoms with van der Waals surface area (Å²) in [5.74, 6) is -0.791. The average Bonchev–Trinajstić information content (AvgIpc) is 4.05. The number of aliphatic hydroxyl groups excluding tert-OH is 1. The Morgan fingerprint density at radius 3 is 2.40 bits per heavy atom. The van der Waals surface area contributed by atoms with Gasteiger partial charge >= 0.3 is 12.4 Å². The second-order valence-corrected chi connectivity index (χ2v) is 16.2. The minimum absolute atomic E-state index is 0.0691. The number of aliphatic hydroxyl groups is 1. The number of carbonyl (C=O) groups is 1. The van der Waals surface area contributed by atoms with Crippen molar-refractivity contribution in [3.05, 3.63) is 92.8 Å². The molecule has 2 fully saturated rings. The smallest absolute Gasteiger partial charge is 0.438 e. The molecule has 2 saturated heterocycles. The Morgan fingerprint density at radius 2 is 1.68 bits per heavy atom. The molecule has 4 heterocycles. The summed E-state index contributed by atoms with van der Waals surface area (Å²) >= 11 is 7.10. The SMILES string of the molecule is COc1nc(O[C@H]2CCc3c(-c4cccc(-c5cc6cc7c(c(C(F)(F)F)c6o5)CC[C@H]7N5CC[C@@H](O)C5)c4Cl)cccc32)c(C(F)(F)F)nc1CNC[C@H]1CCC(=O)N1. The van der Waals surface area contributed by atoms with Crippen LogP contribution in [-0.4, -0.2) is 64.8 Å². The van der Waals surface area contributed by atoms with E-state index in [9.17, 15) is 36.2 Å². The van der Waals surface area contributed by atoms with Gasteiger partial charge in [-0.2, -0.15) is 31.3 Å². The van der Waals surface area contributed by atoms with Crippen molar-refractivity contribution in [2.45, 2.75) is 88.1 Å². The molecule has 17 heteroatoms. The van der Waals surface area contributed by atoms with Crippen molar-refractivity contribution in [3.8, 4) is 34.2 Å². The highest BCUT2D eigenvalue weighted by molar-refractivity contribution is 6.36. The molecular weight excluding hydrogens is 816 g/mol. The van der Waals surface area contributed by atoms with Crippen LogP contribution < -0.4 is 20.1 Å². The molecule has 3 aromatic carbocycles. The first kappa shape index (κ1) is 40.5. The predicted molar refractivity (Wildman–Crippen MR) is 209 cm³/mol. The van der Waals surface area contributed by atoms with E-state index >= 15 is 0 Å². The number of ether oxygens (including phenoxy) is 2. The monoisotopic (exact) mass is 855 g/mol. The van der Waals surface area contributed by atoms with Gasteiger partial charge in [0.15, 0.2) is 0 Å². The number of rotatable bonds is 10. The number of fused-ring (bicyclic) bond motifs is 3. The van der Waals surface area contributed by atoms with Gasteiger partial charge in [-0.15, -0.1) is 0 Å². The maximum Gasteiger partial charge on any atom is 0.438 e. The molecular formula is C43H40ClF6N5O5. The van der Waals surface area contributed by atoms with E-state index in [-0.39, 0.29) is 64.5 Å². The minimum Gasteiger partial charge on any atom is -0.480 e. The quantitative estimate of drug-likeness (QED) is 0.119. The first-order chi connectivity index (χ1) is 28.7. The molecule has 0 bridgehead atoms. The van der Waals surface area contributed by atoms with Crippen LogP contribution in [0.25, 0.3) is 33.4 Å². The van der Waals surface area contributed by atoms with Gasteiger partial charge in [-0.1, -0.05) is 41.9 Å². The highest BCUT2D eigenvalue weighted by Gasteiger charge is 2.44. The summed E-state index contributed by atoms with van der Waals surface area (Å²) in [7, 11) is 1.28. The maximum atomic E-state index is 14.8. The average molecular weight is 856 g/mol. The summed E-state index contributed by atoms with van der Waals surface area (Å²) in [6, 6.07) is 13.5. The number of likely N-dealkylation sites (tertiary alicyclic amines) is 1. The topological polar surface area (TPSA) is 122 Å². The fourth-order valence-electron chi connectivity index (χ4n) is 9.35. The lowest BCUT2D eigenvalue weighted by molar-refractivity contribution is -0.143. The zero-order chi connectivity index (χ0) is 42.1. The van der Waals surface area contributed by atoms with Crippen molar-refractivity contribution in [3.63, 3.8) is 0 Å². The molecule has 0 unspecified atom stereocenters. The number of hydrogen-bond donors (Lipinski definition) is 3. The van der Waals surface area contributed by atoms with Crippen molar-refractivity contribution in [1.82, 2.24) is 25.5 Å². The number of aromatic nitrogens is 2. The number of β-amino-alcohol motifs (C(OH)–C–C–N with tert-alkyl or cyclic N) is 1. The third-order valence-electron chi connectivity index (χ3n) is 12.0. The van der Waals surface area contributed by atoms with E-state index in [0.717, 1.165) is 5.56 Å². The van der Waals surface area contributed by atoms with Crippen LogP contribution in [0.3, 0.4) is 0 Å². The number of nitrogens with zero attached hydrogens (tertiary/aromatic N) is 3. The number of halogens is 7. The van der Waals surface area contributed by atoms with Gasteiger partial charge < -0.3 is 29.6 Å². The zero-order valence-electron chi connectivity index (χ0n) is 32.3. The molecule has 4 aliphatic rings. The highest BCUT2D eigenvalue weighted by atomic mass is 35.5. The van der Waals surface area contributed by atoms with Crippen LogP contribution in [-0.2, 0) is 36.5 Å². The molecule has 0 spiro atoms. The second-order valence-electron chi connectivity index (χ2n) is 15.8. The second kappa shape index (κ2) is 15.5. The summed E-state index contributed by atoms with van der Waals surface area (Å²) < 4.78 is 105. The molecule has 0 radical (unpaired) electrons. The number of nitrogens with one attached hydrogen (secondary N) is 2. The van der Waals surface area contributed by atoms with Crippen molar-refractivity contribution >= 4 is 28.5 Å². The van der Waals surface area contributed by atoms with Gasteiger partial charge in [0.25, 0.3) is 0 Å². The number of methoxy groups -OCH3 is 1. The molecule has 4 atom stereocenters. The predicted octanol–water partition coefficient (Wildman–Crippen LogP) is 8.74. The lowest BCUT2D eigenvalue weighted by Gasteiger charge is -2.24. The Labute approximate surface area is 345 Å². The third-order valence-corrected chi connectivity index (χ3v) is 12.5. The Kier molecular flexibility index (Phi) is 10.5. The number of hydrogen-bond acceptors (Lipinski definition) is 9. The normalized spacial score (nSPS) is 21.8. The van der Waals surface area contributed by atoms with E-state index in [1.807, 2.05) is 11.0 Å². The van der Waals surface area contributed by atoms with Gasteiger partial charge in [0.1, 0.15) is 28.7 Å². The molecule has 1 amide bonds. The lowest BCUT2D eigenvalue weighted by Crippen LogP contribution is -2.35. The number of carbonyl (C=O) groups excluding carboxylic acids is 1. The summed E-state index contributed by atoms with van der Waals surface area (Å²) in [6.07, 6.45) is -7.87. The van der Waals surface area contributed by atoms with Crippen LogP contribution in [0.15, 0.2) is 52.9 Å². The van der Waals surface area contributed by atoms with E-state index in [1.54, 1.807) is 42.5 Å². The van der Waals surface area contributed by atoms with Gasteiger partial charge in [0, 0.05) is 61.2 Å². The summed E-state index contributed by atoms with van der Waals surface area (Å²) in [6.45, 7) is 1.25. The van der Waals surface area contributed by atoms with Gasteiger partial charge in [-0.05, 0) is 84.5 Å². The Balaban J connectivity index is 1.02. The van der Waals surface area contributed by atoms with Crippen LogP contribution in [0.1, 0.15) is 83.5 Å². The van der Waals surface area contributed by atoms with E-state index in [1.165, 1.54) is 7.11 Å². The van der Waals surface area contributed by atoms with Crippen LogP contribution in [0, 0.1) is 0 Å². The first-order valence-electron chi connectivity index (χ1n) is 19.9.